The van der Waals surface area contributed by atoms with E-state index in [-0.39, 0.29) is 24.1 Å². The highest BCUT2D eigenvalue weighted by Crippen LogP contribution is 2.13. The second kappa shape index (κ2) is 8.87. The zero-order chi connectivity index (χ0) is 18.2. The number of carbonyl (C=O) groups excluding carboxylic acids is 2. The molecule has 25 heavy (non-hydrogen) atoms. The second-order valence-corrected chi connectivity index (χ2v) is 6.19. The molecule has 0 aliphatic heterocycles. The monoisotopic (exact) mass is 341 g/mol. The summed E-state index contributed by atoms with van der Waals surface area (Å²) in [5.74, 6) is -0.119. The molecule has 1 atom stereocenters. The predicted octanol–water partition coefficient (Wildman–Crippen LogP) is 3.45. The first-order valence-corrected chi connectivity index (χ1v) is 8.24. The zero-order valence-corrected chi connectivity index (χ0v) is 14.4. The van der Waals surface area contributed by atoms with E-state index in [2.05, 4.69) is 5.32 Å². The van der Waals surface area contributed by atoms with Crippen molar-refractivity contribution in [2.24, 2.45) is 5.92 Å². The number of ether oxygens (including phenoxy) is 1. The molecule has 0 saturated carbocycles. The average molecular weight is 341 g/mol. The first kappa shape index (κ1) is 18.5. The summed E-state index contributed by atoms with van der Waals surface area (Å²) >= 11 is 0. The Morgan fingerprint density at radius 3 is 2.24 bits per heavy atom. The molecule has 0 radical (unpaired) electrons. The van der Waals surface area contributed by atoms with Crippen LogP contribution < -0.4 is 5.32 Å². The number of aromatic hydroxyl groups is 1. The molecule has 2 N–H and O–H groups in total. The summed E-state index contributed by atoms with van der Waals surface area (Å²) in [4.78, 5) is 24.5. The number of benzene rings is 2. The van der Waals surface area contributed by atoms with Gasteiger partial charge in [-0.1, -0.05) is 56.3 Å². The first-order valence-electron chi connectivity index (χ1n) is 8.24. The highest BCUT2D eigenvalue weighted by Gasteiger charge is 2.24. The van der Waals surface area contributed by atoms with Gasteiger partial charge in [0, 0.05) is 5.92 Å². The van der Waals surface area contributed by atoms with Crippen LogP contribution in [0.25, 0.3) is 0 Å². The lowest BCUT2D eigenvalue weighted by Crippen LogP contribution is -2.44. The normalized spacial score (nSPS) is 11.8. The van der Waals surface area contributed by atoms with E-state index in [0.717, 1.165) is 11.1 Å². The number of phenolic OH excluding ortho intramolecular Hbond substituents is 1. The van der Waals surface area contributed by atoms with Gasteiger partial charge < -0.3 is 15.2 Å². The molecular weight excluding hydrogens is 318 g/mol. The molecule has 0 saturated heterocycles. The summed E-state index contributed by atoms with van der Waals surface area (Å²) in [5, 5.41) is 12.0. The highest BCUT2D eigenvalue weighted by atomic mass is 16.5. The summed E-state index contributed by atoms with van der Waals surface area (Å²) in [7, 11) is 0. The van der Waals surface area contributed by atoms with Gasteiger partial charge in [-0.05, 0) is 29.7 Å². The molecule has 5 nitrogen and oxygen atoms in total. The fourth-order valence-corrected chi connectivity index (χ4v) is 2.40. The Morgan fingerprint density at radius 2 is 1.64 bits per heavy atom. The molecule has 0 aliphatic carbocycles. The lowest BCUT2D eigenvalue weighted by molar-refractivity contribution is -0.123. The predicted molar refractivity (Wildman–Crippen MR) is 95.2 cm³/mol. The van der Waals surface area contributed by atoms with Crippen LogP contribution in [0.4, 0.5) is 4.79 Å². The molecule has 1 unspecified atom stereocenters. The minimum absolute atomic E-state index is 0.0651. The lowest BCUT2D eigenvalue weighted by atomic mass is 9.96. The molecule has 0 spiro atoms. The van der Waals surface area contributed by atoms with E-state index in [1.165, 1.54) is 0 Å². The van der Waals surface area contributed by atoms with Gasteiger partial charge in [0.1, 0.15) is 12.4 Å². The van der Waals surface area contributed by atoms with Crippen LogP contribution in [0, 0.1) is 5.92 Å². The number of carbonyl (C=O) groups is 2. The molecular formula is C20H23NO4. The summed E-state index contributed by atoms with van der Waals surface area (Å²) in [6, 6.07) is 15.2. The third-order valence-electron chi connectivity index (χ3n) is 3.79. The number of rotatable bonds is 7. The van der Waals surface area contributed by atoms with Crippen molar-refractivity contribution >= 4 is 11.9 Å². The molecule has 0 fully saturated rings. The van der Waals surface area contributed by atoms with Crippen LogP contribution in [-0.4, -0.2) is 23.0 Å². The van der Waals surface area contributed by atoms with E-state index in [0.29, 0.717) is 6.42 Å². The maximum absolute atomic E-state index is 12.4. The number of Topliss-reactive ketones (excluding diaryl/α,β-unsaturated/α-hetero) is 1. The lowest BCUT2D eigenvalue weighted by Gasteiger charge is -2.19. The number of nitrogens with one attached hydrogen (secondary N) is 1. The van der Waals surface area contributed by atoms with Crippen LogP contribution >= 0.6 is 0 Å². The van der Waals surface area contributed by atoms with Gasteiger partial charge >= 0.3 is 6.09 Å². The van der Waals surface area contributed by atoms with Crippen molar-refractivity contribution in [2.75, 3.05) is 0 Å². The molecule has 132 valence electrons. The smallest absolute Gasteiger partial charge is 0.408 e. The Hall–Kier alpha value is -2.82. The van der Waals surface area contributed by atoms with Gasteiger partial charge in [-0.2, -0.15) is 0 Å². The van der Waals surface area contributed by atoms with Gasteiger partial charge in [-0.15, -0.1) is 0 Å². The highest BCUT2D eigenvalue weighted by molar-refractivity contribution is 5.89. The first-order chi connectivity index (χ1) is 12.0. The Morgan fingerprint density at radius 1 is 1.00 bits per heavy atom. The van der Waals surface area contributed by atoms with E-state index in [1.54, 1.807) is 38.1 Å². The van der Waals surface area contributed by atoms with Gasteiger partial charge in [0.15, 0.2) is 5.78 Å². The van der Waals surface area contributed by atoms with Crippen LogP contribution in [0.15, 0.2) is 54.6 Å². The van der Waals surface area contributed by atoms with Crippen LogP contribution in [0.1, 0.15) is 25.0 Å². The standard InChI is InChI=1S/C20H23NO4/c1-14(2)19(23)18(12-15-8-10-17(22)11-9-15)21-20(24)25-13-16-6-4-3-5-7-16/h3-11,14,18,22H,12-13H2,1-2H3,(H,21,24). The summed E-state index contributed by atoms with van der Waals surface area (Å²) in [6.45, 7) is 3.74. The molecule has 2 aromatic rings. The minimum atomic E-state index is -0.673. The number of hydrogen-bond acceptors (Lipinski definition) is 4. The fraction of sp³-hybridized carbons (Fsp3) is 0.300. The number of phenols is 1. The number of ketones is 1. The third kappa shape index (κ3) is 5.95. The SMILES string of the molecule is CC(C)C(=O)C(Cc1ccc(O)cc1)NC(=O)OCc1ccccc1. The fourth-order valence-electron chi connectivity index (χ4n) is 2.40. The maximum Gasteiger partial charge on any atom is 0.408 e. The van der Waals surface area contributed by atoms with Crippen molar-refractivity contribution in [1.82, 2.24) is 5.32 Å². The van der Waals surface area contributed by atoms with Crippen LogP contribution in [-0.2, 0) is 22.6 Å². The van der Waals surface area contributed by atoms with Crippen LogP contribution in [0.3, 0.4) is 0 Å². The molecule has 1 amide bonds. The van der Waals surface area contributed by atoms with E-state index in [1.807, 2.05) is 30.3 Å². The second-order valence-electron chi connectivity index (χ2n) is 6.19. The summed E-state index contributed by atoms with van der Waals surface area (Å²) < 4.78 is 5.20. The topological polar surface area (TPSA) is 75.6 Å². The van der Waals surface area contributed by atoms with Crippen molar-refractivity contribution in [3.8, 4) is 5.75 Å². The van der Waals surface area contributed by atoms with Crippen molar-refractivity contribution in [3.05, 3.63) is 65.7 Å². The van der Waals surface area contributed by atoms with E-state index >= 15 is 0 Å². The number of amides is 1. The Kier molecular flexibility index (Phi) is 6.57. The van der Waals surface area contributed by atoms with Gasteiger partial charge in [-0.3, -0.25) is 4.79 Å². The molecule has 0 bridgehead atoms. The van der Waals surface area contributed by atoms with Crippen molar-refractivity contribution < 1.29 is 19.4 Å². The average Bonchev–Trinajstić information content (AvgIpc) is 2.61. The third-order valence-corrected chi connectivity index (χ3v) is 3.79. The molecule has 0 aromatic heterocycles. The van der Waals surface area contributed by atoms with Gasteiger partial charge in [0.25, 0.3) is 0 Å². The zero-order valence-electron chi connectivity index (χ0n) is 14.4. The Labute approximate surface area is 147 Å². The van der Waals surface area contributed by atoms with Crippen LogP contribution in [0.2, 0.25) is 0 Å². The van der Waals surface area contributed by atoms with Gasteiger partial charge in [-0.25, -0.2) is 4.79 Å². The number of hydrogen-bond donors (Lipinski definition) is 2. The van der Waals surface area contributed by atoms with Crippen molar-refractivity contribution in [3.63, 3.8) is 0 Å². The van der Waals surface area contributed by atoms with E-state index < -0.39 is 12.1 Å². The Balaban J connectivity index is 1.98. The summed E-state index contributed by atoms with van der Waals surface area (Å²) in [6.07, 6.45) is -0.279. The maximum atomic E-state index is 12.4. The molecule has 2 rings (SSSR count). The molecule has 0 heterocycles. The largest absolute Gasteiger partial charge is 0.508 e. The summed E-state index contributed by atoms with van der Waals surface area (Å²) in [5.41, 5.74) is 1.73. The van der Waals surface area contributed by atoms with E-state index in [9.17, 15) is 14.7 Å². The molecule has 0 aliphatic rings. The van der Waals surface area contributed by atoms with Crippen LogP contribution in [0.5, 0.6) is 5.75 Å². The molecule has 5 heteroatoms. The van der Waals surface area contributed by atoms with Crippen molar-refractivity contribution in [2.45, 2.75) is 32.9 Å². The van der Waals surface area contributed by atoms with Gasteiger partial charge in [0.05, 0.1) is 6.04 Å². The van der Waals surface area contributed by atoms with Crippen molar-refractivity contribution in [1.29, 1.82) is 0 Å². The quantitative estimate of drug-likeness (QED) is 0.809. The van der Waals surface area contributed by atoms with E-state index in [4.69, 9.17) is 4.74 Å². The Bertz CT molecular complexity index is 695. The number of alkyl carbamates (subject to hydrolysis) is 1. The minimum Gasteiger partial charge on any atom is -0.508 e. The van der Waals surface area contributed by atoms with Gasteiger partial charge in [0.2, 0.25) is 0 Å². The molecule has 2 aromatic carbocycles.